The van der Waals surface area contributed by atoms with E-state index in [9.17, 15) is 13.2 Å². The molecule has 0 radical (unpaired) electrons. The van der Waals surface area contributed by atoms with Crippen LogP contribution in [0.3, 0.4) is 0 Å². The molecule has 0 fully saturated rings. The van der Waals surface area contributed by atoms with Crippen molar-refractivity contribution in [2.75, 3.05) is 12.3 Å². The summed E-state index contributed by atoms with van der Waals surface area (Å²) in [5, 5.41) is 10.5. The predicted octanol–water partition coefficient (Wildman–Crippen LogP) is 1.30. The zero-order chi connectivity index (χ0) is 13.2. The molecule has 1 aliphatic heterocycles. The first-order chi connectivity index (χ1) is 8.49. The molecule has 0 atom stereocenters. The topological polar surface area (TPSA) is 74.7 Å². The number of carboxylic acid groups (broad SMARTS) is 1. The first kappa shape index (κ1) is 13.5. The lowest BCUT2D eigenvalue weighted by atomic mass is 10.1. The van der Waals surface area contributed by atoms with Crippen LogP contribution in [0.4, 0.5) is 0 Å². The third-order valence-electron chi connectivity index (χ3n) is 2.96. The molecule has 1 aromatic heterocycles. The van der Waals surface area contributed by atoms with Gasteiger partial charge in [0.1, 0.15) is 0 Å². The Morgan fingerprint density at radius 1 is 1.50 bits per heavy atom. The zero-order valence-corrected chi connectivity index (χ0v) is 11.5. The Kier molecular flexibility index (Phi) is 4.04. The Morgan fingerprint density at radius 2 is 2.28 bits per heavy atom. The summed E-state index contributed by atoms with van der Waals surface area (Å²) in [6.07, 6.45) is 0.826. The lowest BCUT2D eigenvalue weighted by molar-refractivity contribution is -0.137. The molecule has 0 aromatic carbocycles. The molecular formula is C11H15NO4S2. The van der Waals surface area contributed by atoms with Gasteiger partial charge < -0.3 is 5.11 Å². The second-order valence-corrected chi connectivity index (χ2v) is 7.36. The van der Waals surface area contributed by atoms with Crippen LogP contribution in [0.25, 0.3) is 0 Å². The van der Waals surface area contributed by atoms with Crippen LogP contribution in [0.1, 0.15) is 23.3 Å². The van der Waals surface area contributed by atoms with Gasteiger partial charge in [0, 0.05) is 24.4 Å². The maximum atomic E-state index is 12.0. The minimum Gasteiger partial charge on any atom is -0.481 e. The molecule has 0 saturated heterocycles. The molecule has 0 bridgehead atoms. The summed E-state index contributed by atoms with van der Waals surface area (Å²) >= 11 is 1.66. The molecule has 100 valence electrons. The minimum absolute atomic E-state index is 0.0846. The maximum Gasteiger partial charge on any atom is 0.303 e. The number of fused-ring (bicyclic) bond motifs is 1. The van der Waals surface area contributed by atoms with E-state index in [2.05, 4.69) is 0 Å². The van der Waals surface area contributed by atoms with Crippen LogP contribution in [0.15, 0.2) is 11.4 Å². The average molecular weight is 289 g/mol. The molecule has 0 spiro atoms. The van der Waals surface area contributed by atoms with Gasteiger partial charge in [-0.25, -0.2) is 8.42 Å². The minimum atomic E-state index is -3.32. The van der Waals surface area contributed by atoms with Crippen molar-refractivity contribution in [3.05, 3.63) is 21.9 Å². The fraction of sp³-hybridized carbons (Fsp3) is 0.545. The molecule has 0 saturated carbocycles. The third-order valence-corrected chi connectivity index (χ3v) is 5.89. The highest BCUT2D eigenvalue weighted by molar-refractivity contribution is 7.89. The second kappa shape index (κ2) is 5.38. The molecule has 1 aliphatic rings. The van der Waals surface area contributed by atoms with Crippen LogP contribution in [0.5, 0.6) is 0 Å². The Labute approximate surface area is 110 Å². The van der Waals surface area contributed by atoms with Crippen molar-refractivity contribution < 1.29 is 18.3 Å². The van der Waals surface area contributed by atoms with Gasteiger partial charge in [-0.1, -0.05) is 0 Å². The van der Waals surface area contributed by atoms with E-state index in [1.807, 2.05) is 11.4 Å². The van der Waals surface area contributed by atoms with Crippen molar-refractivity contribution in [3.8, 4) is 0 Å². The van der Waals surface area contributed by atoms with Gasteiger partial charge in [-0.2, -0.15) is 4.31 Å². The van der Waals surface area contributed by atoms with Gasteiger partial charge in [-0.05, 0) is 29.9 Å². The fourth-order valence-electron chi connectivity index (χ4n) is 1.99. The number of rotatable bonds is 5. The van der Waals surface area contributed by atoms with Crippen molar-refractivity contribution in [2.45, 2.75) is 25.8 Å². The molecule has 0 unspecified atom stereocenters. The van der Waals surface area contributed by atoms with Gasteiger partial charge in [-0.15, -0.1) is 11.3 Å². The summed E-state index contributed by atoms with van der Waals surface area (Å²) < 4.78 is 25.5. The largest absolute Gasteiger partial charge is 0.481 e. The normalized spacial score (nSPS) is 16.4. The molecule has 2 heterocycles. The van der Waals surface area contributed by atoms with Crippen LogP contribution < -0.4 is 0 Å². The van der Waals surface area contributed by atoms with Crippen molar-refractivity contribution in [1.29, 1.82) is 0 Å². The van der Waals surface area contributed by atoms with Crippen molar-refractivity contribution in [3.63, 3.8) is 0 Å². The molecular weight excluding hydrogens is 274 g/mol. The quantitative estimate of drug-likeness (QED) is 0.886. The van der Waals surface area contributed by atoms with Gasteiger partial charge in [0.25, 0.3) is 0 Å². The zero-order valence-electron chi connectivity index (χ0n) is 9.83. The van der Waals surface area contributed by atoms with E-state index >= 15 is 0 Å². The van der Waals surface area contributed by atoms with E-state index in [0.29, 0.717) is 13.1 Å². The van der Waals surface area contributed by atoms with Crippen molar-refractivity contribution >= 4 is 27.3 Å². The predicted molar refractivity (Wildman–Crippen MR) is 69.1 cm³/mol. The lowest BCUT2D eigenvalue weighted by Gasteiger charge is -2.26. The highest BCUT2D eigenvalue weighted by atomic mass is 32.2. The molecule has 7 heteroatoms. The first-order valence-corrected chi connectivity index (χ1v) is 8.23. The van der Waals surface area contributed by atoms with Crippen molar-refractivity contribution in [2.24, 2.45) is 0 Å². The fourth-order valence-corrected chi connectivity index (χ4v) is 4.36. The molecule has 1 N–H and O–H groups in total. The number of nitrogens with zero attached hydrogens (tertiary/aromatic N) is 1. The molecule has 2 rings (SSSR count). The van der Waals surface area contributed by atoms with Gasteiger partial charge in [0.15, 0.2) is 0 Å². The van der Waals surface area contributed by atoms with Crippen LogP contribution >= 0.6 is 11.3 Å². The smallest absolute Gasteiger partial charge is 0.303 e. The van der Waals surface area contributed by atoms with Gasteiger partial charge >= 0.3 is 5.97 Å². The SMILES string of the molecule is O=C(O)CCCS(=O)(=O)N1CCc2sccc2C1. The van der Waals surface area contributed by atoms with Crippen LogP contribution in [-0.4, -0.2) is 36.1 Å². The molecule has 0 aliphatic carbocycles. The average Bonchev–Trinajstić information content (AvgIpc) is 2.74. The summed E-state index contributed by atoms with van der Waals surface area (Å²) in [5.41, 5.74) is 1.08. The summed E-state index contributed by atoms with van der Waals surface area (Å²) in [6.45, 7) is 0.928. The Balaban J connectivity index is 1.97. The van der Waals surface area contributed by atoms with Gasteiger partial charge in [0.2, 0.25) is 10.0 Å². The highest BCUT2D eigenvalue weighted by Crippen LogP contribution is 2.25. The Hall–Kier alpha value is -0.920. The van der Waals surface area contributed by atoms with Crippen LogP contribution in [-0.2, 0) is 27.8 Å². The van der Waals surface area contributed by atoms with E-state index in [0.717, 1.165) is 12.0 Å². The van der Waals surface area contributed by atoms with Crippen molar-refractivity contribution in [1.82, 2.24) is 4.31 Å². The first-order valence-electron chi connectivity index (χ1n) is 5.74. The van der Waals surface area contributed by atoms with Gasteiger partial charge in [0.05, 0.1) is 5.75 Å². The summed E-state index contributed by atoms with van der Waals surface area (Å²) in [6, 6.07) is 1.96. The number of aliphatic carboxylic acids is 1. The Morgan fingerprint density at radius 3 is 3.00 bits per heavy atom. The van der Waals surface area contributed by atoms with E-state index < -0.39 is 16.0 Å². The van der Waals surface area contributed by atoms with E-state index in [1.54, 1.807) is 11.3 Å². The number of hydrogen-bond donors (Lipinski definition) is 1. The van der Waals surface area contributed by atoms with Crippen LogP contribution in [0.2, 0.25) is 0 Å². The second-order valence-electron chi connectivity index (χ2n) is 4.27. The summed E-state index contributed by atoms with van der Waals surface area (Å²) in [4.78, 5) is 11.6. The van der Waals surface area contributed by atoms with Crippen LogP contribution in [0, 0.1) is 0 Å². The monoisotopic (exact) mass is 289 g/mol. The molecule has 1 aromatic rings. The number of carbonyl (C=O) groups is 1. The third kappa shape index (κ3) is 3.09. The summed E-state index contributed by atoms with van der Waals surface area (Å²) in [7, 11) is -3.32. The van der Waals surface area contributed by atoms with E-state index in [1.165, 1.54) is 9.18 Å². The molecule has 5 nitrogen and oxygen atoms in total. The standard InChI is InChI=1S/C11H15NO4S2/c13-11(14)2-1-7-18(15,16)12-5-3-10-9(8-12)4-6-17-10/h4,6H,1-3,5,7-8H2,(H,13,14). The molecule has 18 heavy (non-hydrogen) atoms. The maximum absolute atomic E-state index is 12.0. The van der Waals surface area contributed by atoms with E-state index in [4.69, 9.17) is 5.11 Å². The Bertz CT molecular complexity index is 535. The summed E-state index contributed by atoms with van der Waals surface area (Å²) in [5.74, 6) is -1.04. The highest BCUT2D eigenvalue weighted by Gasteiger charge is 2.26. The number of sulfonamides is 1. The number of thiophene rings is 1. The number of carboxylic acids is 1. The van der Waals surface area contributed by atoms with Gasteiger partial charge in [-0.3, -0.25) is 4.79 Å². The lowest BCUT2D eigenvalue weighted by Crippen LogP contribution is -2.37. The number of hydrogen-bond acceptors (Lipinski definition) is 4. The molecule has 0 amide bonds. The van der Waals surface area contributed by atoms with E-state index in [-0.39, 0.29) is 18.6 Å².